The van der Waals surface area contributed by atoms with Crippen molar-refractivity contribution < 1.29 is 33.1 Å². The van der Waals surface area contributed by atoms with E-state index in [1.54, 1.807) is 22.2 Å². The Morgan fingerprint density at radius 1 is 0.702 bits per heavy atom. The number of carbonyl (C=O) groups is 4. The van der Waals surface area contributed by atoms with Crippen LogP contribution in [0.15, 0.2) is 53.2 Å². The van der Waals surface area contributed by atoms with Crippen LogP contribution in [0.5, 0.6) is 0 Å². The summed E-state index contributed by atoms with van der Waals surface area (Å²) in [6.45, 7) is 12.6. The van der Waals surface area contributed by atoms with Gasteiger partial charge in [0.25, 0.3) is 0 Å². The molecule has 4 atom stereocenters. The number of ether oxygens (including phenoxy) is 2. The molecule has 57 heavy (non-hydrogen) atoms. The zero-order valence-electron chi connectivity index (χ0n) is 33.8. The fraction of sp³-hybridized carbons (Fsp3) is 0.476. The van der Waals surface area contributed by atoms with Crippen LogP contribution in [0.4, 0.5) is 9.59 Å². The number of aromatic nitrogens is 4. The quantitative estimate of drug-likeness (QED) is 0.126. The Morgan fingerprint density at radius 2 is 1.11 bits per heavy atom. The number of hydrogen-bond donors (Lipinski definition) is 4. The predicted octanol–water partition coefficient (Wildman–Crippen LogP) is 7.23. The van der Waals surface area contributed by atoms with Crippen molar-refractivity contribution in [2.75, 3.05) is 27.3 Å². The van der Waals surface area contributed by atoms with Gasteiger partial charge >= 0.3 is 12.2 Å². The summed E-state index contributed by atoms with van der Waals surface area (Å²) in [6, 6.07) is 10.1. The fourth-order valence-electron chi connectivity index (χ4n) is 8.03. The van der Waals surface area contributed by atoms with Gasteiger partial charge in [-0.2, -0.15) is 0 Å². The Balaban J connectivity index is 1.09. The van der Waals surface area contributed by atoms with Crippen LogP contribution in [-0.2, 0) is 19.1 Å². The Morgan fingerprint density at radius 3 is 1.47 bits per heavy atom. The Hall–Kier alpha value is -5.86. The number of alkyl carbamates (subject to hydrolysis) is 2. The second-order valence-corrected chi connectivity index (χ2v) is 17.1. The second kappa shape index (κ2) is 15.2. The highest BCUT2D eigenvalue weighted by Gasteiger charge is 2.42. The van der Waals surface area contributed by atoms with Gasteiger partial charge in [-0.05, 0) is 60.8 Å². The van der Waals surface area contributed by atoms with Gasteiger partial charge in [-0.25, -0.2) is 19.6 Å². The minimum atomic E-state index is -0.760. The average Bonchev–Trinajstić information content (AvgIpc) is 4.02. The van der Waals surface area contributed by atoms with Crippen LogP contribution in [0.1, 0.15) is 91.0 Å². The van der Waals surface area contributed by atoms with E-state index in [2.05, 4.69) is 20.6 Å². The summed E-state index contributed by atoms with van der Waals surface area (Å²) in [7, 11) is 2.57. The topological polar surface area (TPSA) is 188 Å². The largest absolute Gasteiger partial charge is 0.456 e. The molecule has 0 bridgehead atoms. The van der Waals surface area contributed by atoms with Gasteiger partial charge in [0.05, 0.1) is 50.1 Å². The lowest BCUT2D eigenvalue weighted by atomic mass is 9.85. The van der Waals surface area contributed by atoms with E-state index >= 15 is 0 Å². The summed E-state index contributed by atoms with van der Waals surface area (Å²) in [6.07, 6.45) is 5.41. The number of nitrogens with zero attached hydrogens (tertiary/aromatic N) is 4. The van der Waals surface area contributed by atoms with Crippen molar-refractivity contribution in [1.29, 1.82) is 0 Å². The van der Waals surface area contributed by atoms with Gasteiger partial charge in [0, 0.05) is 35.0 Å². The number of rotatable bonds is 8. The molecule has 15 nitrogen and oxygen atoms in total. The van der Waals surface area contributed by atoms with Gasteiger partial charge in [0.15, 0.2) is 0 Å². The van der Waals surface area contributed by atoms with Gasteiger partial charge in [-0.1, -0.05) is 53.7 Å². The van der Waals surface area contributed by atoms with Crippen molar-refractivity contribution in [2.24, 2.45) is 10.8 Å². The number of H-pyrrole nitrogens is 2. The zero-order chi connectivity index (χ0) is 40.8. The number of aromatic amines is 2. The molecule has 3 aromatic heterocycles. The van der Waals surface area contributed by atoms with Crippen molar-refractivity contribution in [3.8, 4) is 22.5 Å². The lowest BCUT2D eigenvalue weighted by Gasteiger charge is -2.35. The monoisotopic (exact) mass is 780 g/mol. The molecule has 2 aliphatic heterocycles. The average molecular weight is 781 g/mol. The predicted molar refractivity (Wildman–Crippen MR) is 214 cm³/mol. The smallest absolute Gasteiger partial charge is 0.407 e. The summed E-state index contributed by atoms with van der Waals surface area (Å²) < 4.78 is 16.0. The standard InChI is InChI=1S/C42H52N8O7/c1-41(2,3)33(47-39(53)55-7)37(51)49-17-9-11-29(49)35-43-21-27(45-35)23-13-15-25-26-16-14-24(20-32(26)57-31(25)19-23)28-22-44-36(46-28)30-12-10-18-50(30)38(52)34(42(4,5)6)48-40(54)56-8/h13-16,19-22,29-30,33-34H,9-12,17-18H2,1-8H3,(H,43,45)(H,44,46)(H,47,53)(H,48,54)/t29-,30?,33+,34+/m0/s1. The molecule has 0 spiro atoms. The molecule has 0 radical (unpaired) electrons. The number of imidazole rings is 2. The Kier molecular flexibility index (Phi) is 10.5. The summed E-state index contributed by atoms with van der Waals surface area (Å²) in [5.41, 5.74) is 3.75. The highest BCUT2D eigenvalue weighted by Crippen LogP contribution is 2.38. The van der Waals surface area contributed by atoms with Crippen LogP contribution in [0, 0.1) is 10.8 Å². The molecule has 0 saturated carbocycles. The molecule has 2 saturated heterocycles. The molecular formula is C42H52N8O7. The highest BCUT2D eigenvalue weighted by atomic mass is 16.5. The van der Waals surface area contributed by atoms with Crippen LogP contribution in [0.2, 0.25) is 0 Å². The van der Waals surface area contributed by atoms with E-state index in [0.717, 1.165) is 70.1 Å². The fourth-order valence-corrected chi connectivity index (χ4v) is 8.03. The van der Waals surface area contributed by atoms with E-state index in [0.29, 0.717) is 24.7 Å². The number of amides is 4. The number of nitrogens with one attached hydrogen (secondary N) is 4. The van der Waals surface area contributed by atoms with Crippen LogP contribution in [0.25, 0.3) is 44.5 Å². The Labute approximate surface area is 331 Å². The maximum atomic E-state index is 13.8. The van der Waals surface area contributed by atoms with Crippen molar-refractivity contribution in [1.82, 2.24) is 40.4 Å². The first-order valence-electron chi connectivity index (χ1n) is 19.4. The molecule has 1 unspecified atom stereocenters. The van der Waals surface area contributed by atoms with Crippen LogP contribution in [0.3, 0.4) is 0 Å². The lowest BCUT2D eigenvalue weighted by molar-refractivity contribution is -0.137. The van der Waals surface area contributed by atoms with E-state index < -0.39 is 35.1 Å². The first-order valence-corrected chi connectivity index (χ1v) is 19.4. The normalized spacial score (nSPS) is 18.5. The molecule has 5 heterocycles. The van der Waals surface area contributed by atoms with E-state index in [4.69, 9.17) is 23.9 Å². The molecule has 15 heteroatoms. The van der Waals surface area contributed by atoms with Gasteiger partial charge in [0.1, 0.15) is 34.9 Å². The lowest BCUT2D eigenvalue weighted by Crippen LogP contribution is -2.54. The SMILES string of the molecule is COC(=O)N[C@H](C(=O)N1CCCC1c1ncc(-c2ccc3c(c2)oc2cc(-c4cnc([C@@H]5CCCN5C(=O)[C@@H](NC(=O)OC)C(C)(C)C)[nH]4)ccc23)[nH]1)C(C)(C)C. The number of carbonyl (C=O) groups excluding carboxylic acids is 4. The summed E-state index contributed by atoms with van der Waals surface area (Å²) >= 11 is 0. The molecular weight excluding hydrogens is 729 g/mol. The summed E-state index contributed by atoms with van der Waals surface area (Å²) in [4.78, 5) is 71.8. The second-order valence-electron chi connectivity index (χ2n) is 17.1. The van der Waals surface area contributed by atoms with Gasteiger partial charge in [-0.3, -0.25) is 9.59 Å². The Bertz CT molecular complexity index is 2150. The highest BCUT2D eigenvalue weighted by molar-refractivity contribution is 6.06. The molecule has 0 aliphatic carbocycles. The van der Waals surface area contributed by atoms with Gasteiger partial charge in [-0.15, -0.1) is 0 Å². The molecule has 302 valence electrons. The molecule has 2 fully saturated rings. The van der Waals surface area contributed by atoms with Crippen LogP contribution in [-0.4, -0.2) is 93.1 Å². The molecule has 5 aromatic rings. The molecule has 2 aromatic carbocycles. The number of fused-ring (bicyclic) bond motifs is 3. The number of benzene rings is 2. The van der Waals surface area contributed by atoms with Crippen LogP contribution >= 0.6 is 0 Å². The van der Waals surface area contributed by atoms with Crippen LogP contribution < -0.4 is 10.6 Å². The zero-order valence-corrected chi connectivity index (χ0v) is 33.8. The number of likely N-dealkylation sites (tertiary alicyclic amines) is 2. The summed E-state index contributed by atoms with van der Waals surface area (Å²) in [5.74, 6) is 1.04. The van der Waals surface area contributed by atoms with E-state index in [9.17, 15) is 19.2 Å². The molecule has 7 rings (SSSR count). The van der Waals surface area contributed by atoms with Crippen molar-refractivity contribution >= 4 is 45.9 Å². The first kappa shape index (κ1) is 39.4. The van der Waals surface area contributed by atoms with Crippen molar-refractivity contribution in [3.63, 3.8) is 0 Å². The number of hydrogen-bond acceptors (Lipinski definition) is 9. The minimum absolute atomic E-state index is 0.169. The van der Waals surface area contributed by atoms with Gasteiger partial charge < -0.3 is 44.3 Å². The number of furan rings is 1. The minimum Gasteiger partial charge on any atom is -0.456 e. The molecule has 4 amide bonds. The third-order valence-electron chi connectivity index (χ3n) is 11.1. The van der Waals surface area contributed by atoms with E-state index in [1.165, 1.54) is 14.2 Å². The maximum absolute atomic E-state index is 13.8. The maximum Gasteiger partial charge on any atom is 0.407 e. The van der Waals surface area contributed by atoms with Crippen molar-refractivity contribution in [2.45, 2.75) is 91.4 Å². The van der Waals surface area contributed by atoms with Gasteiger partial charge in [0.2, 0.25) is 11.8 Å². The number of methoxy groups -OCH3 is 2. The third kappa shape index (κ3) is 7.79. The first-order chi connectivity index (χ1) is 27.1. The summed E-state index contributed by atoms with van der Waals surface area (Å²) in [5, 5.41) is 7.41. The molecule has 4 N–H and O–H groups in total. The third-order valence-corrected chi connectivity index (χ3v) is 11.1. The molecule has 2 aliphatic rings. The van der Waals surface area contributed by atoms with E-state index in [-0.39, 0.29) is 23.9 Å². The van der Waals surface area contributed by atoms with Crippen molar-refractivity contribution in [3.05, 3.63) is 60.4 Å². The van der Waals surface area contributed by atoms with E-state index in [1.807, 2.05) is 77.9 Å².